The maximum absolute atomic E-state index is 13.1. The highest BCUT2D eigenvalue weighted by Gasteiger charge is 2.33. The molecule has 0 spiro atoms. The summed E-state index contributed by atoms with van der Waals surface area (Å²) in [7, 11) is -0.764. The van der Waals surface area contributed by atoms with E-state index in [-0.39, 0.29) is 16.8 Å². The molecule has 9 heteroatoms. The largest absolute Gasteiger partial charge is 0.497 e. The van der Waals surface area contributed by atoms with E-state index in [0.29, 0.717) is 44.2 Å². The number of benzene rings is 1. The van der Waals surface area contributed by atoms with Crippen LogP contribution >= 0.6 is 0 Å². The third-order valence-electron chi connectivity index (χ3n) is 4.85. The molecule has 1 aliphatic rings. The van der Waals surface area contributed by atoms with Gasteiger partial charge in [0.2, 0.25) is 10.0 Å². The summed E-state index contributed by atoms with van der Waals surface area (Å²) in [6.45, 7) is 6.23. The molecule has 1 fully saturated rings. The SMILES string of the molecule is CC[C@H](C)NC(=O)C[NH+]1CCN(S(=O)(=O)c2cc(OC)ccc2OC)CC1. The van der Waals surface area contributed by atoms with Gasteiger partial charge < -0.3 is 19.7 Å². The molecule has 27 heavy (non-hydrogen) atoms. The van der Waals surface area contributed by atoms with E-state index in [1.807, 2.05) is 13.8 Å². The molecule has 0 bridgehead atoms. The van der Waals surface area contributed by atoms with Crippen LogP contribution < -0.4 is 19.7 Å². The average molecular weight is 401 g/mol. The van der Waals surface area contributed by atoms with E-state index in [4.69, 9.17) is 9.47 Å². The van der Waals surface area contributed by atoms with Gasteiger partial charge in [-0.05, 0) is 25.5 Å². The Labute approximate surface area is 161 Å². The molecule has 0 saturated carbocycles. The van der Waals surface area contributed by atoms with Gasteiger partial charge in [0.15, 0.2) is 6.54 Å². The zero-order chi connectivity index (χ0) is 20.0. The maximum atomic E-state index is 13.1. The number of hydrogen-bond acceptors (Lipinski definition) is 5. The van der Waals surface area contributed by atoms with Gasteiger partial charge in [0, 0.05) is 12.1 Å². The number of amides is 1. The number of methoxy groups -OCH3 is 2. The van der Waals surface area contributed by atoms with Crippen molar-refractivity contribution in [2.45, 2.75) is 31.2 Å². The molecule has 1 aromatic rings. The predicted molar refractivity (Wildman–Crippen MR) is 102 cm³/mol. The lowest BCUT2D eigenvalue weighted by Gasteiger charge is -2.31. The van der Waals surface area contributed by atoms with Crippen molar-refractivity contribution in [1.82, 2.24) is 9.62 Å². The zero-order valence-electron chi connectivity index (χ0n) is 16.4. The van der Waals surface area contributed by atoms with Crippen molar-refractivity contribution in [3.63, 3.8) is 0 Å². The van der Waals surface area contributed by atoms with Gasteiger partial charge >= 0.3 is 0 Å². The van der Waals surface area contributed by atoms with Crippen LogP contribution in [0.5, 0.6) is 11.5 Å². The van der Waals surface area contributed by atoms with Crippen molar-refractivity contribution in [2.75, 3.05) is 46.9 Å². The molecular weight excluding hydrogens is 370 g/mol. The third kappa shape index (κ3) is 5.33. The summed E-state index contributed by atoms with van der Waals surface area (Å²) in [6, 6.07) is 4.88. The fourth-order valence-corrected chi connectivity index (χ4v) is 4.61. The topological polar surface area (TPSA) is 89.4 Å². The normalized spacial score (nSPS) is 17.3. The fourth-order valence-electron chi connectivity index (χ4n) is 3.00. The van der Waals surface area contributed by atoms with Crippen molar-refractivity contribution in [1.29, 1.82) is 0 Å². The number of hydrogen-bond donors (Lipinski definition) is 2. The number of nitrogens with zero attached hydrogens (tertiary/aromatic N) is 1. The van der Waals surface area contributed by atoms with Gasteiger partial charge in [-0.1, -0.05) is 6.92 Å². The molecule has 0 aromatic heterocycles. The Morgan fingerprint density at radius 3 is 2.48 bits per heavy atom. The standard InChI is InChI=1S/C18H29N3O5S/c1-5-14(2)19-18(22)13-20-8-10-21(11-9-20)27(23,24)17-12-15(25-3)6-7-16(17)26-4/h6-7,12,14H,5,8-11,13H2,1-4H3,(H,19,22)/p+1/t14-/m0/s1. The second kappa shape index (κ2) is 9.38. The van der Waals surface area contributed by atoms with Crippen LogP contribution in [0.4, 0.5) is 0 Å². The minimum Gasteiger partial charge on any atom is -0.497 e. The van der Waals surface area contributed by atoms with Crippen LogP contribution in [0.3, 0.4) is 0 Å². The molecule has 1 aliphatic heterocycles. The minimum atomic E-state index is -3.70. The van der Waals surface area contributed by atoms with E-state index >= 15 is 0 Å². The second-order valence-corrected chi connectivity index (χ2v) is 8.63. The summed E-state index contributed by atoms with van der Waals surface area (Å²) in [5, 5.41) is 2.95. The Morgan fingerprint density at radius 2 is 1.93 bits per heavy atom. The van der Waals surface area contributed by atoms with Crippen LogP contribution in [0, 0.1) is 0 Å². The second-order valence-electron chi connectivity index (χ2n) is 6.72. The number of piperazine rings is 1. The van der Waals surface area contributed by atoms with E-state index in [1.54, 1.807) is 12.1 Å². The van der Waals surface area contributed by atoms with E-state index in [9.17, 15) is 13.2 Å². The number of carbonyl (C=O) groups is 1. The van der Waals surface area contributed by atoms with Crippen molar-refractivity contribution in [3.05, 3.63) is 18.2 Å². The van der Waals surface area contributed by atoms with Crippen LogP contribution in [-0.4, -0.2) is 71.6 Å². The molecule has 2 rings (SSSR count). The van der Waals surface area contributed by atoms with Gasteiger partial charge in [0.05, 0.1) is 40.4 Å². The molecule has 152 valence electrons. The first kappa shape index (κ1) is 21.5. The quantitative estimate of drug-likeness (QED) is 0.615. The Balaban J connectivity index is 2.04. The van der Waals surface area contributed by atoms with Crippen molar-refractivity contribution in [2.24, 2.45) is 0 Å². The zero-order valence-corrected chi connectivity index (χ0v) is 17.3. The summed E-state index contributed by atoms with van der Waals surface area (Å²) < 4.78 is 37.9. The summed E-state index contributed by atoms with van der Waals surface area (Å²) in [5.41, 5.74) is 0. The molecule has 1 aromatic carbocycles. The number of sulfonamides is 1. The maximum Gasteiger partial charge on any atom is 0.275 e. The molecule has 0 unspecified atom stereocenters. The predicted octanol–water partition coefficient (Wildman–Crippen LogP) is -0.492. The van der Waals surface area contributed by atoms with Gasteiger partial charge in [-0.2, -0.15) is 4.31 Å². The highest BCUT2D eigenvalue weighted by atomic mass is 32.2. The molecule has 2 N–H and O–H groups in total. The van der Waals surface area contributed by atoms with Crippen LogP contribution in [0.25, 0.3) is 0 Å². The average Bonchev–Trinajstić information content (AvgIpc) is 2.67. The van der Waals surface area contributed by atoms with E-state index < -0.39 is 10.0 Å². The smallest absolute Gasteiger partial charge is 0.275 e. The molecule has 1 atom stereocenters. The van der Waals surface area contributed by atoms with Gasteiger partial charge in [0.1, 0.15) is 16.4 Å². The van der Waals surface area contributed by atoms with Gasteiger partial charge in [-0.15, -0.1) is 0 Å². The molecule has 1 heterocycles. The first-order valence-corrected chi connectivity index (χ1v) is 10.6. The number of quaternary nitrogens is 1. The molecule has 1 amide bonds. The number of nitrogens with one attached hydrogen (secondary N) is 2. The Hall–Kier alpha value is -1.84. The lowest BCUT2D eigenvalue weighted by atomic mass is 10.2. The Bertz CT molecular complexity index is 745. The first-order chi connectivity index (χ1) is 12.8. The van der Waals surface area contributed by atoms with E-state index in [1.165, 1.54) is 24.6 Å². The molecule has 8 nitrogen and oxygen atoms in total. The lowest BCUT2D eigenvalue weighted by molar-refractivity contribution is -0.895. The minimum absolute atomic E-state index is 0.00474. The molecule has 0 aliphatic carbocycles. The Kier molecular flexibility index (Phi) is 7.46. The highest BCUT2D eigenvalue weighted by molar-refractivity contribution is 7.89. The fraction of sp³-hybridized carbons (Fsp3) is 0.611. The van der Waals surface area contributed by atoms with Crippen LogP contribution in [0.2, 0.25) is 0 Å². The van der Waals surface area contributed by atoms with E-state index in [2.05, 4.69) is 5.32 Å². The van der Waals surface area contributed by atoms with Crippen molar-refractivity contribution >= 4 is 15.9 Å². The summed E-state index contributed by atoms with van der Waals surface area (Å²) in [6.07, 6.45) is 0.884. The van der Waals surface area contributed by atoms with Crippen molar-refractivity contribution in [3.8, 4) is 11.5 Å². The van der Waals surface area contributed by atoms with Gasteiger partial charge in [0.25, 0.3) is 5.91 Å². The lowest BCUT2D eigenvalue weighted by Crippen LogP contribution is -3.15. The highest BCUT2D eigenvalue weighted by Crippen LogP contribution is 2.30. The number of carbonyl (C=O) groups excluding carboxylic acids is 1. The Morgan fingerprint density at radius 1 is 1.26 bits per heavy atom. The summed E-state index contributed by atoms with van der Waals surface area (Å²) >= 11 is 0. The van der Waals surface area contributed by atoms with E-state index in [0.717, 1.165) is 11.3 Å². The molecule has 0 radical (unpaired) electrons. The summed E-state index contributed by atoms with van der Waals surface area (Å²) in [5.74, 6) is 0.754. The van der Waals surface area contributed by atoms with Crippen molar-refractivity contribution < 1.29 is 27.6 Å². The van der Waals surface area contributed by atoms with Crippen LogP contribution in [0.1, 0.15) is 20.3 Å². The third-order valence-corrected chi connectivity index (χ3v) is 6.77. The monoisotopic (exact) mass is 400 g/mol. The van der Waals surface area contributed by atoms with Crippen LogP contribution in [0.15, 0.2) is 23.1 Å². The van der Waals surface area contributed by atoms with Gasteiger partial charge in [-0.25, -0.2) is 8.42 Å². The van der Waals surface area contributed by atoms with Gasteiger partial charge in [-0.3, -0.25) is 4.79 Å². The number of rotatable bonds is 8. The summed E-state index contributed by atoms with van der Waals surface area (Å²) in [4.78, 5) is 13.2. The van der Waals surface area contributed by atoms with Crippen LogP contribution in [-0.2, 0) is 14.8 Å². The molecule has 1 saturated heterocycles. The first-order valence-electron chi connectivity index (χ1n) is 9.16. The number of ether oxygens (including phenoxy) is 2. The molecular formula is C18H30N3O5S+.